The van der Waals surface area contributed by atoms with Crippen LogP contribution in [0.1, 0.15) is 24.2 Å². The molecule has 0 heterocycles. The second-order valence-electron chi connectivity index (χ2n) is 4.45. The van der Waals surface area contributed by atoms with E-state index >= 15 is 0 Å². The third-order valence-electron chi connectivity index (χ3n) is 2.75. The molecule has 0 aromatic heterocycles. The first-order valence-corrected chi connectivity index (χ1v) is 5.84. The highest BCUT2D eigenvalue weighted by Gasteiger charge is 2.16. The van der Waals surface area contributed by atoms with Crippen molar-refractivity contribution in [1.29, 1.82) is 0 Å². The number of amides is 1. The number of hydrogen-bond donors (Lipinski definition) is 2. The Morgan fingerprint density at radius 3 is 2.58 bits per heavy atom. The highest BCUT2D eigenvalue weighted by molar-refractivity contribution is 5.92. The Morgan fingerprint density at radius 2 is 2.05 bits per heavy atom. The van der Waals surface area contributed by atoms with Crippen LogP contribution < -0.4 is 10.5 Å². The monoisotopic (exact) mass is 266 g/mol. The first-order valence-electron chi connectivity index (χ1n) is 5.84. The molecule has 0 atom stereocenters. The maximum absolute atomic E-state index is 11.7. The number of nitrogens with two attached hydrogens (primary N) is 1. The van der Waals surface area contributed by atoms with Gasteiger partial charge in [0.2, 0.25) is 0 Å². The zero-order chi connectivity index (χ0) is 14.6. The van der Waals surface area contributed by atoms with E-state index in [2.05, 4.69) is 0 Å². The van der Waals surface area contributed by atoms with Gasteiger partial charge in [0.1, 0.15) is 11.3 Å². The number of carbonyl (C=O) groups excluding carboxylic acids is 1. The summed E-state index contributed by atoms with van der Waals surface area (Å²) in [4.78, 5) is 24.3. The number of nitrogen functional groups attached to an aromatic ring is 1. The molecule has 0 spiro atoms. The van der Waals surface area contributed by atoms with Crippen molar-refractivity contribution in [1.82, 2.24) is 4.90 Å². The van der Waals surface area contributed by atoms with Crippen molar-refractivity contribution in [3.05, 3.63) is 23.8 Å². The van der Waals surface area contributed by atoms with Crippen LogP contribution in [0.2, 0.25) is 0 Å². The molecule has 0 unspecified atom stereocenters. The van der Waals surface area contributed by atoms with Crippen molar-refractivity contribution < 1.29 is 19.4 Å². The smallest absolute Gasteiger partial charge is 0.339 e. The summed E-state index contributed by atoms with van der Waals surface area (Å²) in [6.45, 7) is 3.55. The van der Waals surface area contributed by atoms with E-state index in [9.17, 15) is 9.59 Å². The van der Waals surface area contributed by atoms with Gasteiger partial charge >= 0.3 is 5.97 Å². The molecule has 0 fully saturated rings. The van der Waals surface area contributed by atoms with Crippen molar-refractivity contribution in [2.45, 2.75) is 19.9 Å². The number of hydrogen-bond acceptors (Lipinski definition) is 4. The molecule has 104 valence electrons. The van der Waals surface area contributed by atoms with Crippen LogP contribution in [-0.2, 0) is 4.79 Å². The normalized spacial score (nSPS) is 10.3. The lowest BCUT2D eigenvalue weighted by molar-refractivity contribution is -0.133. The van der Waals surface area contributed by atoms with E-state index in [1.54, 1.807) is 7.05 Å². The van der Waals surface area contributed by atoms with E-state index in [1.165, 1.54) is 23.1 Å². The molecular weight excluding hydrogens is 248 g/mol. The predicted molar refractivity (Wildman–Crippen MR) is 71.2 cm³/mol. The van der Waals surface area contributed by atoms with Crippen molar-refractivity contribution in [3.63, 3.8) is 0 Å². The van der Waals surface area contributed by atoms with Gasteiger partial charge < -0.3 is 20.5 Å². The predicted octanol–water partition coefficient (Wildman–Crippen LogP) is 1.21. The molecule has 0 saturated heterocycles. The Morgan fingerprint density at radius 1 is 1.42 bits per heavy atom. The summed E-state index contributed by atoms with van der Waals surface area (Å²) in [5.74, 6) is -1.23. The summed E-state index contributed by atoms with van der Waals surface area (Å²) >= 11 is 0. The standard InChI is InChI=1S/C13H18N2O4/c1-8(2)15(3)12(16)7-19-11-5-4-9(14)6-10(11)13(17)18/h4-6,8H,7,14H2,1-3H3,(H,17,18). The molecule has 6 heteroatoms. The van der Waals surface area contributed by atoms with Crippen LogP contribution in [0.5, 0.6) is 5.75 Å². The van der Waals surface area contributed by atoms with Gasteiger partial charge in [-0.1, -0.05) is 0 Å². The fraction of sp³-hybridized carbons (Fsp3) is 0.385. The van der Waals surface area contributed by atoms with Crippen LogP contribution in [0.25, 0.3) is 0 Å². The molecule has 1 aromatic rings. The van der Waals surface area contributed by atoms with E-state index in [0.29, 0.717) is 5.69 Å². The van der Waals surface area contributed by atoms with E-state index in [4.69, 9.17) is 15.6 Å². The largest absolute Gasteiger partial charge is 0.483 e. The van der Waals surface area contributed by atoms with Gasteiger partial charge in [0.05, 0.1) is 0 Å². The van der Waals surface area contributed by atoms with Crippen LogP contribution in [-0.4, -0.2) is 41.6 Å². The molecule has 19 heavy (non-hydrogen) atoms. The topological polar surface area (TPSA) is 92.9 Å². The fourth-order valence-electron chi connectivity index (χ4n) is 1.37. The summed E-state index contributed by atoms with van der Waals surface area (Å²) < 4.78 is 5.26. The number of carbonyl (C=O) groups is 2. The number of ether oxygens (including phenoxy) is 1. The van der Waals surface area contributed by atoms with E-state index < -0.39 is 5.97 Å². The Balaban J connectivity index is 2.78. The summed E-state index contributed by atoms with van der Waals surface area (Å²) in [7, 11) is 1.66. The van der Waals surface area contributed by atoms with Crippen molar-refractivity contribution >= 4 is 17.6 Å². The van der Waals surface area contributed by atoms with Crippen LogP contribution >= 0.6 is 0 Å². The number of likely N-dealkylation sites (N-methyl/N-ethyl adjacent to an activating group) is 1. The Labute approximate surface area is 111 Å². The number of benzene rings is 1. The fourth-order valence-corrected chi connectivity index (χ4v) is 1.37. The van der Waals surface area contributed by atoms with Crippen LogP contribution in [0.3, 0.4) is 0 Å². The molecule has 1 rings (SSSR count). The summed E-state index contributed by atoms with van der Waals surface area (Å²) in [6.07, 6.45) is 0. The minimum absolute atomic E-state index is 0.0556. The molecule has 0 aliphatic carbocycles. The Bertz CT molecular complexity index is 486. The third-order valence-corrected chi connectivity index (χ3v) is 2.75. The Hall–Kier alpha value is -2.24. The van der Waals surface area contributed by atoms with Gasteiger partial charge in [-0.05, 0) is 32.0 Å². The second-order valence-corrected chi connectivity index (χ2v) is 4.45. The highest BCUT2D eigenvalue weighted by Crippen LogP contribution is 2.21. The van der Waals surface area contributed by atoms with E-state index in [0.717, 1.165) is 0 Å². The lowest BCUT2D eigenvalue weighted by Gasteiger charge is -2.21. The van der Waals surface area contributed by atoms with Gasteiger partial charge in [-0.25, -0.2) is 4.79 Å². The molecule has 6 nitrogen and oxygen atoms in total. The number of rotatable bonds is 5. The Kier molecular flexibility index (Phi) is 4.74. The molecule has 3 N–H and O–H groups in total. The molecular formula is C13H18N2O4. The molecule has 0 radical (unpaired) electrons. The molecule has 0 bridgehead atoms. The van der Waals surface area contributed by atoms with E-state index in [1.807, 2.05) is 13.8 Å². The van der Waals surface area contributed by atoms with Gasteiger partial charge in [-0.3, -0.25) is 4.79 Å². The molecule has 1 amide bonds. The molecule has 1 aromatic carbocycles. The van der Waals surface area contributed by atoms with Gasteiger partial charge in [-0.15, -0.1) is 0 Å². The average molecular weight is 266 g/mol. The molecule has 0 saturated carbocycles. The summed E-state index contributed by atoms with van der Waals surface area (Å²) in [5.41, 5.74) is 5.79. The quantitative estimate of drug-likeness (QED) is 0.781. The third kappa shape index (κ3) is 3.87. The van der Waals surface area contributed by atoms with Crippen molar-refractivity contribution in [3.8, 4) is 5.75 Å². The number of carboxylic acids is 1. The first-order chi connectivity index (χ1) is 8.82. The lowest BCUT2D eigenvalue weighted by Crippen LogP contribution is -2.36. The van der Waals surface area contributed by atoms with Gasteiger partial charge in [-0.2, -0.15) is 0 Å². The number of carboxylic acid groups (broad SMARTS) is 1. The summed E-state index contributed by atoms with van der Waals surface area (Å²) in [5, 5.41) is 9.02. The van der Waals surface area contributed by atoms with Gasteiger partial charge in [0.25, 0.3) is 5.91 Å². The van der Waals surface area contributed by atoms with Gasteiger partial charge in [0.15, 0.2) is 6.61 Å². The highest BCUT2D eigenvalue weighted by atomic mass is 16.5. The SMILES string of the molecule is CC(C)N(C)C(=O)COc1ccc(N)cc1C(=O)O. The number of aromatic carboxylic acids is 1. The minimum atomic E-state index is -1.15. The maximum Gasteiger partial charge on any atom is 0.339 e. The molecule has 0 aliphatic heterocycles. The van der Waals surface area contributed by atoms with Crippen molar-refractivity contribution in [2.75, 3.05) is 19.4 Å². The zero-order valence-corrected chi connectivity index (χ0v) is 11.2. The van der Waals surface area contributed by atoms with Crippen LogP contribution in [0.4, 0.5) is 5.69 Å². The zero-order valence-electron chi connectivity index (χ0n) is 11.2. The lowest BCUT2D eigenvalue weighted by atomic mass is 10.2. The minimum Gasteiger partial charge on any atom is -0.483 e. The van der Waals surface area contributed by atoms with Crippen LogP contribution in [0.15, 0.2) is 18.2 Å². The number of anilines is 1. The maximum atomic E-state index is 11.7. The average Bonchev–Trinajstić information content (AvgIpc) is 2.35. The van der Waals surface area contributed by atoms with Crippen LogP contribution in [0, 0.1) is 0 Å². The van der Waals surface area contributed by atoms with E-state index in [-0.39, 0.29) is 29.9 Å². The van der Waals surface area contributed by atoms with Crippen molar-refractivity contribution in [2.24, 2.45) is 0 Å². The first kappa shape index (κ1) is 14.8. The second kappa shape index (κ2) is 6.08. The number of nitrogens with zero attached hydrogens (tertiary/aromatic N) is 1. The van der Waals surface area contributed by atoms with Gasteiger partial charge in [0, 0.05) is 18.8 Å². The molecule has 0 aliphatic rings. The summed E-state index contributed by atoms with van der Waals surface area (Å²) in [6, 6.07) is 4.33.